The first kappa shape index (κ1) is 13.8. The number of aromatic nitrogens is 1. The summed E-state index contributed by atoms with van der Waals surface area (Å²) in [6.45, 7) is 0. The molecule has 0 atom stereocenters. The van der Waals surface area contributed by atoms with Gasteiger partial charge >= 0.3 is 0 Å². The molecule has 0 aliphatic heterocycles. The third kappa shape index (κ3) is 3.24. The predicted octanol–water partition coefficient (Wildman–Crippen LogP) is 1.69. The van der Waals surface area contributed by atoms with Crippen LogP contribution in [0.5, 0.6) is 0 Å². The Morgan fingerprint density at radius 2 is 1.85 bits per heavy atom. The molecule has 1 aromatic heterocycles. The highest BCUT2D eigenvalue weighted by Gasteiger charge is 2.08. The lowest BCUT2D eigenvalue weighted by atomic mass is 10.2. The maximum absolute atomic E-state index is 12.0. The topological polar surface area (TPSA) is 83.3 Å². The van der Waals surface area contributed by atoms with E-state index in [1.54, 1.807) is 12.1 Å². The van der Waals surface area contributed by atoms with Gasteiger partial charge in [-0.3, -0.25) is 15.6 Å². The average molecular weight is 271 g/mol. The number of hydrogen-bond donors (Lipinski definition) is 3. The Morgan fingerprint density at radius 3 is 2.45 bits per heavy atom. The summed E-state index contributed by atoms with van der Waals surface area (Å²) in [6, 6.07) is 10.8. The van der Waals surface area contributed by atoms with Crippen LogP contribution >= 0.6 is 0 Å². The van der Waals surface area contributed by atoms with Crippen LogP contribution in [-0.2, 0) is 0 Å². The highest BCUT2D eigenvalue weighted by molar-refractivity contribution is 6.03. The van der Waals surface area contributed by atoms with Crippen LogP contribution in [-0.4, -0.2) is 25.0 Å². The first-order chi connectivity index (χ1) is 9.60. The van der Waals surface area contributed by atoms with Crippen molar-refractivity contribution in [2.75, 3.05) is 29.7 Å². The van der Waals surface area contributed by atoms with Crippen molar-refractivity contribution < 1.29 is 4.79 Å². The van der Waals surface area contributed by atoms with Crippen molar-refractivity contribution in [2.45, 2.75) is 0 Å². The number of nitrogens with one attached hydrogen (secondary N) is 2. The summed E-state index contributed by atoms with van der Waals surface area (Å²) in [5.41, 5.74) is 5.20. The van der Waals surface area contributed by atoms with Gasteiger partial charge < -0.3 is 15.6 Å². The molecule has 4 N–H and O–H groups in total. The Hall–Kier alpha value is -2.60. The van der Waals surface area contributed by atoms with Gasteiger partial charge in [0.2, 0.25) is 0 Å². The standard InChI is InChI=1S/C14H17N5O/c1-19(2)12-5-3-10(4-6-12)17-14(20)13-9-11(18-15)7-8-16-13/h3-9H,15H2,1-2H3,(H,16,18)(H,17,20). The molecule has 104 valence electrons. The second-order valence-corrected chi connectivity index (χ2v) is 4.47. The van der Waals surface area contributed by atoms with E-state index < -0.39 is 0 Å². The number of pyridine rings is 1. The largest absolute Gasteiger partial charge is 0.378 e. The smallest absolute Gasteiger partial charge is 0.274 e. The number of nitrogen functional groups attached to an aromatic ring is 1. The number of anilines is 3. The number of rotatable bonds is 4. The summed E-state index contributed by atoms with van der Waals surface area (Å²) in [5.74, 6) is 5.02. The molecule has 20 heavy (non-hydrogen) atoms. The Balaban J connectivity index is 2.10. The lowest BCUT2D eigenvalue weighted by molar-refractivity contribution is 0.102. The normalized spacial score (nSPS) is 9.95. The Kier molecular flexibility index (Phi) is 4.17. The minimum absolute atomic E-state index is 0.278. The van der Waals surface area contributed by atoms with E-state index in [9.17, 15) is 4.79 Å². The van der Waals surface area contributed by atoms with E-state index in [0.717, 1.165) is 5.69 Å². The summed E-state index contributed by atoms with van der Waals surface area (Å²) in [6.07, 6.45) is 1.53. The van der Waals surface area contributed by atoms with Gasteiger partial charge in [0.1, 0.15) is 5.69 Å². The lowest BCUT2D eigenvalue weighted by Gasteiger charge is -2.13. The quantitative estimate of drug-likeness (QED) is 0.582. The van der Waals surface area contributed by atoms with Crippen LogP contribution in [0, 0.1) is 0 Å². The van der Waals surface area contributed by atoms with E-state index in [2.05, 4.69) is 15.7 Å². The highest BCUT2D eigenvalue weighted by Crippen LogP contribution is 2.16. The number of carbonyl (C=O) groups is 1. The fourth-order valence-corrected chi connectivity index (χ4v) is 1.68. The SMILES string of the molecule is CN(C)c1ccc(NC(=O)c2cc(NN)ccn2)cc1. The van der Waals surface area contributed by atoms with Crippen LogP contribution in [0.15, 0.2) is 42.6 Å². The molecule has 1 heterocycles. The molecule has 0 saturated carbocycles. The monoisotopic (exact) mass is 271 g/mol. The molecule has 0 aliphatic rings. The van der Waals surface area contributed by atoms with Crippen molar-refractivity contribution in [3.63, 3.8) is 0 Å². The zero-order valence-electron chi connectivity index (χ0n) is 11.4. The van der Waals surface area contributed by atoms with Gasteiger partial charge in [-0.15, -0.1) is 0 Å². The molecule has 2 rings (SSSR count). The van der Waals surface area contributed by atoms with Crippen LogP contribution in [0.25, 0.3) is 0 Å². The number of hydrazine groups is 1. The fraction of sp³-hybridized carbons (Fsp3) is 0.143. The molecule has 2 aromatic rings. The van der Waals surface area contributed by atoms with Crippen LogP contribution in [0.1, 0.15) is 10.5 Å². The van der Waals surface area contributed by atoms with E-state index in [0.29, 0.717) is 17.1 Å². The van der Waals surface area contributed by atoms with E-state index in [-0.39, 0.29) is 5.91 Å². The average Bonchev–Trinajstić information content (AvgIpc) is 2.47. The molecule has 0 bridgehead atoms. The van der Waals surface area contributed by atoms with Crippen molar-refractivity contribution in [3.8, 4) is 0 Å². The molecule has 0 radical (unpaired) electrons. The van der Waals surface area contributed by atoms with E-state index in [1.165, 1.54) is 6.20 Å². The van der Waals surface area contributed by atoms with Crippen molar-refractivity contribution in [1.82, 2.24) is 4.98 Å². The van der Waals surface area contributed by atoms with Crippen LogP contribution < -0.4 is 21.5 Å². The summed E-state index contributed by atoms with van der Waals surface area (Å²) >= 11 is 0. The molecule has 1 amide bonds. The van der Waals surface area contributed by atoms with Crippen molar-refractivity contribution in [2.24, 2.45) is 5.84 Å². The molecule has 0 unspecified atom stereocenters. The molecule has 1 aromatic carbocycles. The summed E-state index contributed by atoms with van der Waals surface area (Å²) in [4.78, 5) is 18.1. The van der Waals surface area contributed by atoms with Crippen LogP contribution in [0.3, 0.4) is 0 Å². The van der Waals surface area contributed by atoms with Crippen LogP contribution in [0.4, 0.5) is 17.1 Å². The number of benzene rings is 1. The first-order valence-corrected chi connectivity index (χ1v) is 6.11. The van der Waals surface area contributed by atoms with Crippen molar-refractivity contribution in [1.29, 1.82) is 0 Å². The molecule has 0 aliphatic carbocycles. The molecule has 6 nitrogen and oxygen atoms in total. The van der Waals surface area contributed by atoms with Gasteiger partial charge in [0.05, 0.1) is 5.69 Å². The number of carbonyl (C=O) groups excluding carboxylic acids is 1. The molecule has 0 spiro atoms. The van der Waals surface area contributed by atoms with Gasteiger partial charge in [-0.1, -0.05) is 0 Å². The molecular formula is C14H17N5O. The summed E-state index contributed by atoms with van der Waals surface area (Å²) in [7, 11) is 3.92. The Morgan fingerprint density at radius 1 is 1.15 bits per heavy atom. The zero-order valence-corrected chi connectivity index (χ0v) is 11.4. The van der Waals surface area contributed by atoms with E-state index >= 15 is 0 Å². The zero-order chi connectivity index (χ0) is 14.5. The molecule has 0 saturated heterocycles. The number of amides is 1. The molecule has 6 heteroatoms. The maximum Gasteiger partial charge on any atom is 0.274 e. The maximum atomic E-state index is 12.0. The fourth-order valence-electron chi connectivity index (χ4n) is 1.68. The van der Waals surface area contributed by atoms with E-state index in [1.807, 2.05) is 43.3 Å². The molecular weight excluding hydrogens is 254 g/mol. The van der Waals surface area contributed by atoms with Gasteiger partial charge in [0.15, 0.2) is 0 Å². The van der Waals surface area contributed by atoms with E-state index in [4.69, 9.17) is 5.84 Å². The number of nitrogens with two attached hydrogens (primary N) is 1. The van der Waals surface area contributed by atoms with Crippen molar-refractivity contribution >= 4 is 23.0 Å². The summed E-state index contributed by atoms with van der Waals surface area (Å²) < 4.78 is 0. The second-order valence-electron chi connectivity index (χ2n) is 4.47. The van der Waals surface area contributed by atoms with Gasteiger partial charge in [0.25, 0.3) is 5.91 Å². The van der Waals surface area contributed by atoms with Gasteiger partial charge in [0, 0.05) is 31.7 Å². The van der Waals surface area contributed by atoms with Crippen molar-refractivity contribution in [3.05, 3.63) is 48.3 Å². The second kappa shape index (κ2) is 6.03. The number of nitrogens with zero attached hydrogens (tertiary/aromatic N) is 2. The third-order valence-corrected chi connectivity index (χ3v) is 2.80. The number of hydrogen-bond acceptors (Lipinski definition) is 5. The highest BCUT2D eigenvalue weighted by atomic mass is 16.1. The van der Waals surface area contributed by atoms with Gasteiger partial charge in [-0.25, -0.2) is 0 Å². The first-order valence-electron chi connectivity index (χ1n) is 6.11. The Bertz CT molecular complexity index is 595. The minimum Gasteiger partial charge on any atom is -0.378 e. The Labute approximate surface area is 117 Å². The van der Waals surface area contributed by atoms with Gasteiger partial charge in [-0.05, 0) is 36.4 Å². The lowest BCUT2D eigenvalue weighted by Crippen LogP contribution is -2.15. The molecule has 0 fully saturated rings. The van der Waals surface area contributed by atoms with Crippen LogP contribution in [0.2, 0.25) is 0 Å². The summed E-state index contributed by atoms with van der Waals surface area (Å²) in [5, 5.41) is 2.79. The predicted molar refractivity (Wildman–Crippen MR) is 80.8 cm³/mol. The minimum atomic E-state index is -0.278. The third-order valence-electron chi connectivity index (χ3n) is 2.80. The van der Waals surface area contributed by atoms with Gasteiger partial charge in [-0.2, -0.15) is 0 Å².